The lowest BCUT2D eigenvalue weighted by Gasteiger charge is -2.15. The summed E-state index contributed by atoms with van der Waals surface area (Å²) in [5, 5.41) is 4.10. The normalized spacial score (nSPS) is 12.0. The summed E-state index contributed by atoms with van der Waals surface area (Å²) in [5.74, 6) is -0.325. The quantitative estimate of drug-likeness (QED) is 0.785. The zero-order valence-electron chi connectivity index (χ0n) is 12.1. The molecule has 1 aromatic carbocycles. The molecule has 1 unspecified atom stereocenters. The second-order valence-corrected chi connectivity index (χ2v) is 6.30. The number of halogens is 1. The minimum absolute atomic E-state index is 0.0751. The number of ether oxygens (including phenoxy) is 1. The summed E-state index contributed by atoms with van der Waals surface area (Å²) in [4.78, 5) is 12.0. The van der Waals surface area contributed by atoms with Gasteiger partial charge in [0.2, 0.25) is 0 Å². The Morgan fingerprint density at radius 3 is 2.71 bits per heavy atom. The van der Waals surface area contributed by atoms with Gasteiger partial charge in [-0.3, -0.25) is 0 Å². The van der Waals surface area contributed by atoms with Crippen LogP contribution in [-0.2, 0) is 4.74 Å². The Morgan fingerprint density at radius 2 is 2.10 bits per heavy atom. The van der Waals surface area contributed by atoms with Crippen molar-refractivity contribution in [1.29, 1.82) is 0 Å². The summed E-state index contributed by atoms with van der Waals surface area (Å²) >= 11 is 4.71. The van der Waals surface area contributed by atoms with E-state index >= 15 is 0 Å². The van der Waals surface area contributed by atoms with E-state index in [-0.39, 0.29) is 12.0 Å². The smallest absolute Gasteiger partial charge is 0.343 e. The summed E-state index contributed by atoms with van der Waals surface area (Å²) in [6.07, 6.45) is 0. The Bertz CT molecular complexity index is 625. The van der Waals surface area contributed by atoms with Gasteiger partial charge in [0.15, 0.2) is 0 Å². The number of nitrogens with zero attached hydrogens (tertiary/aromatic N) is 1. The van der Waals surface area contributed by atoms with E-state index in [9.17, 15) is 4.79 Å². The number of hydrogen-bond donors (Lipinski definition) is 1. The second-order valence-electron chi connectivity index (χ2n) is 4.61. The Morgan fingerprint density at radius 1 is 1.43 bits per heavy atom. The SMILES string of the molecule is CCOC(=O)c1c(C)nsc1NC(C)c1ccc(Br)cc1. The highest BCUT2D eigenvalue weighted by molar-refractivity contribution is 9.10. The molecule has 1 atom stereocenters. The van der Waals surface area contributed by atoms with Crippen LogP contribution >= 0.6 is 27.5 Å². The van der Waals surface area contributed by atoms with Crippen LogP contribution in [0.5, 0.6) is 0 Å². The van der Waals surface area contributed by atoms with Gasteiger partial charge in [-0.25, -0.2) is 4.79 Å². The maximum atomic E-state index is 12.0. The standard InChI is InChI=1S/C15H17BrN2O2S/c1-4-20-15(19)13-10(3)18-21-14(13)17-9(2)11-5-7-12(16)8-6-11/h5-9,17H,4H2,1-3H3. The number of carbonyl (C=O) groups excluding carboxylic acids is 1. The van der Waals surface area contributed by atoms with Crippen molar-refractivity contribution in [1.82, 2.24) is 4.37 Å². The molecule has 0 aliphatic carbocycles. The van der Waals surface area contributed by atoms with Gasteiger partial charge >= 0.3 is 5.97 Å². The van der Waals surface area contributed by atoms with Crippen molar-refractivity contribution in [3.63, 3.8) is 0 Å². The average molecular weight is 369 g/mol. The number of hydrogen-bond acceptors (Lipinski definition) is 5. The van der Waals surface area contributed by atoms with Crippen LogP contribution in [0.2, 0.25) is 0 Å². The maximum absolute atomic E-state index is 12.0. The van der Waals surface area contributed by atoms with Crippen LogP contribution in [0.25, 0.3) is 0 Å². The zero-order valence-corrected chi connectivity index (χ0v) is 14.5. The van der Waals surface area contributed by atoms with Gasteiger partial charge in [0.25, 0.3) is 0 Å². The van der Waals surface area contributed by atoms with Gasteiger partial charge in [0.05, 0.1) is 12.3 Å². The molecule has 0 saturated carbocycles. The first-order valence-corrected chi connectivity index (χ1v) is 8.25. The van der Waals surface area contributed by atoms with Gasteiger partial charge in [-0.2, -0.15) is 4.37 Å². The number of carbonyl (C=O) groups is 1. The molecule has 2 rings (SSSR count). The summed E-state index contributed by atoms with van der Waals surface area (Å²) in [5.41, 5.74) is 2.37. The third-order valence-electron chi connectivity index (χ3n) is 3.06. The molecule has 0 bridgehead atoms. The van der Waals surface area contributed by atoms with E-state index in [0.717, 1.165) is 15.0 Å². The first-order chi connectivity index (χ1) is 10.0. The molecule has 0 aliphatic heterocycles. The van der Waals surface area contributed by atoms with Gasteiger partial charge < -0.3 is 10.1 Å². The largest absolute Gasteiger partial charge is 0.462 e. The summed E-state index contributed by atoms with van der Waals surface area (Å²) in [6.45, 7) is 6.02. The number of aryl methyl sites for hydroxylation is 1. The molecule has 6 heteroatoms. The minimum Gasteiger partial charge on any atom is -0.462 e. The number of nitrogens with one attached hydrogen (secondary N) is 1. The molecule has 0 amide bonds. The molecule has 1 heterocycles. The van der Waals surface area contributed by atoms with Crippen LogP contribution in [0.4, 0.5) is 5.00 Å². The lowest BCUT2D eigenvalue weighted by atomic mass is 10.1. The summed E-state index contributed by atoms with van der Waals surface area (Å²) in [7, 11) is 0. The number of esters is 1. The van der Waals surface area contributed by atoms with Gasteiger partial charge in [0.1, 0.15) is 10.6 Å². The fourth-order valence-electron chi connectivity index (χ4n) is 1.94. The highest BCUT2D eigenvalue weighted by atomic mass is 79.9. The van der Waals surface area contributed by atoms with Crippen molar-refractivity contribution in [2.24, 2.45) is 0 Å². The number of aromatic nitrogens is 1. The Balaban J connectivity index is 2.19. The monoisotopic (exact) mass is 368 g/mol. The average Bonchev–Trinajstić information content (AvgIpc) is 2.80. The fourth-order valence-corrected chi connectivity index (χ4v) is 3.08. The van der Waals surface area contributed by atoms with Crippen molar-refractivity contribution in [3.8, 4) is 0 Å². The second kappa shape index (κ2) is 7.04. The summed E-state index contributed by atoms with van der Waals surface area (Å²) < 4.78 is 10.4. The van der Waals surface area contributed by atoms with E-state index in [1.807, 2.05) is 38.1 Å². The molecule has 0 radical (unpaired) electrons. The lowest BCUT2D eigenvalue weighted by Crippen LogP contribution is -2.11. The molecular formula is C15H17BrN2O2S. The molecule has 0 saturated heterocycles. The van der Waals surface area contributed by atoms with E-state index in [1.165, 1.54) is 11.5 Å². The minimum atomic E-state index is -0.325. The van der Waals surface area contributed by atoms with E-state index in [4.69, 9.17) is 4.74 Å². The third kappa shape index (κ3) is 3.83. The van der Waals surface area contributed by atoms with Gasteiger partial charge in [-0.05, 0) is 50.0 Å². The molecule has 1 aromatic heterocycles. The predicted octanol–water partition coefficient (Wildman–Crippen LogP) is 4.56. The number of anilines is 1. The van der Waals surface area contributed by atoms with Crippen LogP contribution in [0, 0.1) is 6.92 Å². The maximum Gasteiger partial charge on any atom is 0.343 e. The van der Waals surface area contributed by atoms with Gasteiger partial charge in [0, 0.05) is 10.5 Å². The molecular weight excluding hydrogens is 352 g/mol. The van der Waals surface area contributed by atoms with Crippen molar-refractivity contribution >= 4 is 38.4 Å². The van der Waals surface area contributed by atoms with Crippen LogP contribution in [-0.4, -0.2) is 16.9 Å². The summed E-state index contributed by atoms with van der Waals surface area (Å²) in [6, 6.07) is 8.15. The number of rotatable bonds is 5. The van der Waals surface area contributed by atoms with Gasteiger partial charge in [-0.15, -0.1) is 0 Å². The molecule has 4 nitrogen and oxygen atoms in total. The Hall–Kier alpha value is -1.40. The first-order valence-electron chi connectivity index (χ1n) is 6.68. The van der Waals surface area contributed by atoms with Gasteiger partial charge in [-0.1, -0.05) is 28.1 Å². The number of benzene rings is 1. The molecule has 1 N–H and O–H groups in total. The molecule has 2 aromatic rings. The van der Waals surface area contributed by atoms with Crippen molar-refractivity contribution < 1.29 is 9.53 Å². The van der Waals surface area contributed by atoms with E-state index in [0.29, 0.717) is 17.9 Å². The highest BCUT2D eigenvalue weighted by Gasteiger charge is 2.21. The van der Waals surface area contributed by atoms with E-state index < -0.39 is 0 Å². The molecule has 112 valence electrons. The fraction of sp³-hybridized carbons (Fsp3) is 0.333. The zero-order chi connectivity index (χ0) is 15.4. The topological polar surface area (TPSA) is 51.2 Å². The molecule has 0 fully saturated rings. The van der Waals surface area contributed by atoms with Crippen LogP contribution < -0.4 is 5.32 Å². The van der Waals surface area contributed by atoms with E-state index in [1.54, 1.807) is 6.92 Å². The molecule has 21 heavy (non-hydrogen) atoms. The third-order valence-corrected chi connectivity index (χ3v) is 4.46. The van der Waals surface area contributed by atoms with Crippen LogP contribution in [0.3, 0.4) is 0 Å². The Kier molecular flexibility index (Phi) is 5.36. The van der Waals surface area contributed by atoms with Crippen molar-refractivity contribution in [2.45, 2.75) is 26.8 Å². The van der Waals surface area contributed by atoms with Crippen molar-refractivity contribution in [3.05, 3.63) is 45.6 Å². The predicted molar refractivity (Wildman–Crippen MR) is 89.0 cm³/mol. The molecule has 0 aliphatic rings. The van der Waals surface area contributed by atoms with Crippen LogP contribution in [0.15, 0.2) is 28.7 Å². The van der Waals surface area contributed by atoms with E-state index in [2.05, 4.69) is 25.6 Å². The van der Waals surface area contributed by atoms with Crippen molar-refractivity contribution in [2.75, 3.05) is 11.9 Å². The molecule has 0 spiro atoms. The lowest BCUT2D eigenvalue weighted by molar-refractivity contribution is 0.0527. The Labute approximate surface area is 136 Å². The first kappa shape index (κ1) is 16.0. The van der Waals surface area contributed by atoms with Crippen LogP contribution in [0.1, 0.15) is 41.5 Å². The highest BCUT2D eigenvalue weighted by Crippen LogP contribution is 2.29.